The molecule has 19 heavy (non-hydrogen) atoms. The fourth-order valence-corrected chi connectivity index (χ4v) is 2.06. The summed E-state index contributed by atoms with van der Waals surface area (Å²) in [4.78, 5) is 7.58. The van der Waals surface area contributed by atoms with Crippen LogP contribution in [0.5, 0.6) is 0 Å². The van der Waals surface area contributed by atoms with Crippen LogP contribution in [-0.2, 0) is 6.42 Å². The first-order valence-corrected chi connectivity index (χ1v) is 6.24. The predicted molar refractivity (Wildman–Crippen MR) is 74.6 cm³/mol. The van der Waals surface area contributed by atoms with Gasteiger partial charge in [-0.15, -0.1) is 10.2 Å². The van der Waals surface area contributed by atoms with E-state index in [9.17, 15) is 0 Å². The summed E-state index contributed by atoms with van der Waals surface area (Å²) < 4.78 is 0. The lowest BCUT2D eigenvalue weighted by molar-refractivity contribution is 0.812. The molecule has 3 aromatic rings. The summed E-state index contributed by atoms with van der Waals surface area (Å²) in [6.45, 7) is 2.61. The Balaban J connectivity index is 1.99. The molecule has 3 N–H and O–H groups in total. The molecule has 0 unspecified atom stereocenters. The van der Waals surface area contributed by atoms with Crippen LogP contribution in [0.1, 0.15) is 11.4 Å². The van der Waals surface area contributed by atoms with Crippen LogP contribution in [0, 0.1) is 6.92 Å². The Bertz CT molecular complexity index is 699. The number of rotatable bonds is 3. The third-order valence-electron chi connectivity index (χ3n) is 3.03. The fourth-order valence-electron chi connectivity index (χ4n) is 2.06. The molecule has 2 aromatic heterocycles. The molecule has 5 heteroatoms. The van der Waals surface area contributed by atoms with Crippen molar-refractivity contribution in [3.8, 4) is 11.4 Å². The fraction of sp³-hybridized carbons (Fsp3) is 0.214. The lowest BCUT2D eigenvalue weighted by atomic mass is 10.2. The molecule has 2 heterocycles. The number of aromatic amines is 1. The molecular formula is C14H15N5. The number of fused-ring (bicyclic) bond motifs is 1. The maximum Gasteiger partial charge on any atom is 0.152 e. The Hall–Kier alpha value is -2.27. The minimum atomic E-state index is 0.534. The van der Waals surface area contributed by atoms with E-state index in [1.165, 1.54) is 10.9 Å². The lowest BCUT2D eigenvalue weighted by Gasteiger charge is -1.97. The molecule has 0 radical (unpaired) electrons. The van der Waals surface area contributed by atoms with Crippen LogP contribution in [0.4, 0.5) is 0 Å². The first kappa shape index (κ1) is 11.8. The molecule has 0 spiro atoms. The first-order chi connectivity index (χ1) is 9.26. The highest BCUT2D eigenvalue weighted by Crippen LogP contribution is 2.22. The maximum absolute atomic E-state index is 5.46. The second-order valence-electron chi connectivity index (χ2n) is 4.57. The Morgan fingerprint density at radius 1 is 1.21 bits per heavy atom. The van der Waals surface area contributed by atoms with Crippen LogP contribution >= 0.6 is 0 Å². The van der Waals surface area contributed by atoms with E-state index in [0.29, 0.717) is 18.8 Å². The summed E-state index contributed by atoms with van der Waals surface area (Å²) in [5, 5.41) is 9.43. The molecule has 0 aliphatic rings. The normalized spacial score (nSPS) is 11.1. The second-order valence-corrected chi connectivity index (χ2v) is 4.57. The minimum absolute atomic E-state index is 0.534. The number of aromatic nitrogens is 4. The van der Waals surface area contributed by atoms with Crippen molar-refractivity contribution in [2.45, 2.75) is 13.3 Å². The lowest BCUT2D eigenvalue weighted by Crippen LogP contribution is -2.07. The van der Waals surface area contributed by atoms with Gasteiger partial charge in [0.2, 0.25) is 0 Å². The number of hydrogen-bond donors (Lipinski definition) is 2. The molecule has 0 aliphatic heterocycles. The molecule has 0 aliphatic carbocycles. The van der Waals surface area contributed by atoms with Crippen molar-refractivity contribution in [1.29, 1.82) is 0 Å². The van der Waals surface area contributed by atoms with Gasteiger partial charge in [-0.2, -0.15) is 0 Å². The highest BCUT2D eigenvalue weighted by atomic mass is 15.2. The summed E-state index contributed by atoms with van der Waals surface area (Å²) in [7, 11) is 0. The Morgan fingerprint density at radius 2 is 2.11 bits per heavy atom. The number of hydrogen-bond acceptors (Lipinski definition) is 4. The number of nitrogens with two attached hydrogens (primary N) is 1. The topological polar surface area (TPSA) is 80.5 Å². The molecule has 0 saturated heterocycles. The van der Waals surface area contributed by atoms with Gasteiger partial charge in [0.15, 0.2) is 5.82 Å². The van der Waals surface area contributed by atoms with E-state index in [4.69, 9.17) is 5.73 Å². The molecule has 0 fully saturated rings. The molecule has 0 saturated carbocycles. The van der Waals surface area contributed by atoms with Crippen molar-refractivity contribution in [1.82, 2.24) is 20.2 Å². The van der Waals surface area contributed by atoms with Gasteiger partial charge in [-0.3, -0.25) is 0 Å². The van der Waals surface area contributed by atoms with Crippen LogP contribution < -0.4 is 5.73 Å². The first-order valence-electron chi connectivity index (χ1n) is 6.24. The number of nitrogens with one attached hydrogen (secondary N) is 1. The molecule has 1 aromatic carbocycles. The van der Waals surface area contributed by atoms with E-state index in [-0.39, 0.29) is 0 Å². The van der Waals surface area contributed by atoms with Crippen molar-refractivity contribution in [3.63, 3.8) is 0 Å². The number of aryl methyl sites for hydroxylation is 1. The van der Waals surface area contributed by atoms with Gasteiger partial charge in [-0.1, -0.05) is 11.6 Å². The third-order valence-corrected chi connectivity index (χ3v) is 3.03. The summed E-state index contributed by atoms with van der Waals surface area (Å²) in [6.07, 6.45) is 2.38. The molecule has 0 atom stereocenters. The van der Waals surface area contributed by atoms with E-state index in [2.05, 4.69) is 51.4 Å². The monoisotopic (exact) mass is 253 g/mol. The van der Waals surface area contributed by atoms with Gasteiger partial charge in [0.1, 0.15) is 5.69 Å². The number of benzene rings is 1. The maximum atomic E-state index is 5.46. The molecule has 3 rings (SSSR count). The number of nitrogens with zero attached hydrogens (tertiary/aromatic N) is 3. The zero-order valence-electron chi connectivity index (χ0n) is 10.7. The van der Waals surface area contributed by atoms with Crippen LogP contribution in [0.2, 0.25) is 0 Å². The highest BCUT2D eigenvalue weighted by molar-refractivity contribution is 5.85. The van der Waals surface area contributed by atoms with Crippen LogP contribution in [0.3, 0.4) is 0 Å². The van der Waals surface area contributed by atoms with Gasteiger partial charge in [0.25, 0.3) is 0 Å². The Kier molecular flexibility index (Phi) is 2.97. The number of H-pyrrole nitrogens is 1. The van der Waals surface area contributed by atoms with Crippen molar-refractivity contribution >= 4 is 10.9 Å². The van der Waals surface area contributed by atoms with Crippen molar-refractivity contribution in [2.24, 2.45) is 5.73 Å². The zero-order valence-corrected chi connectivity index (χ0v) is 10.7. The summed E-state index contributed by atoms with van der Waals surface area (Å²) >= 11 is 0. The van der Waals surface area contributed by atoms with Gasteiger partial charge >= 0.3 is 0 Å². The van der Waals surface area contributed by atoms with Gasteiger partial charge in [0.05, 0.1) is 11.9 Å². The third kappa shape index (κ3) is 2.32. The van der Waals surface area contributed by atoms with E-state index >= 15 is 0 Å². The van der Waals surface area contributed by atoms with Crippen molar-refractivity contribution in [3.05, 3.63) is 41.9 Å². The Labute approximate surface area is 110 Å². The van der Waals surface area contributed by atoms with Crippen LogP contribution in [0.15, 0.2) is 30.5 Å². The molecule has 96 valence electrons. The van der Waals surface area contributed by atoms with E-state index < -0.39 is 0 Å². The summed E-state index contributed by atoms with van der Waals surface area (Å²) in [5.41, 5.74) is 9.46. The zero-order chi connectivity index (χ0) is 13.2. The Morgan fingerprint density at radius 3 is 2.84 bits per heavy atom. The predicted octanol–water partition coefficient (Wildman–Crippen LogP) is 1.83. The van der Waals surface area contributed by atoms with Gasteiger partial charge < -0.3 is 10.7 Å². The molecule has 0 bridgehead atoms. The average Bonchev–Trinajstić information content (AvgIpc) is 2.83. The molecule has 5 nitrogen and oxygen atoms in total. The minimum Gasteiger partial charge on any atom is -0.353 e. The van der Waals surface area contributed by atoms with Gasteiger partial charge in [0, 0.05) is 17.3 Å². The quantitative estimate of drug-likeness (QED) is 0.746. The molecule has 0 amide bonds. The standard InChI is InChI=1S/C14H15N5/c1-9-2-3-11-10(6-9)7-12(17-11)13-8-16-14(4-5-15)19-18-13/h2-3,6-8,17H,4-5,15H2,1H3. The summed E-state index contributed by atoms with van der Waals surface area (Å²) in [6, 6.07) is 8.35. The molecular weight excluding hydrogens is 238 g/mol. The van der Waals surface area contributed by atoms with E-state index in [1.54, 1.807) is 6.20 Å². The second kappa shape index (κ2) is 4.78. The van der Waals surface area contributed by atoms with E-state index in [1.807, 2.05) is 0 Å². The van der Waals surface area contributed by atoms with E-state index in [0.717, 1.165) is 16.9 Å². The van der Waals surface area contributed by atoms with Crippen LogP contribution in [-0.4, -0.2) is 26.7 Å². The van der Waals surface area contributed by atoms with Gasteiger partial charge in [-0.25, -0.2) is 4.98 Å². The highest BCUT2D eigenvalue weighted by Gasteiger charge is 2.06. The largest absolute Gasteiger partial charge is 0.353 e. The van der Waals surface area contributed by atoms with Crippen molar-refractivity contribution in [2.75, 3.05) is 6.54 Å². The van der Waals surface area contributed by atoms with Crippen LogP contribution in [0.25, 0.3) is 22.3 Å². The smallest absolute Gasteiger partial charge is 0.152 e. The average molecular weight is 253 g/mol. The summed E-state index contributed by atoms with van der Waals surface area (Å²) in [5.74, 6) is 0.679. The van der Waals surface area contributed by atoms with Crippen molar-refractivity contribution < 1.29 is 0 Å². The van der Waals surface area contributed by atoms with Gasteiger partial charge in [-0.05, 0) is 31.7 Å². The SMILES string of the molecule is Cc1ccc2[nH]c(-c3cnc(CCN)nn3)cc2c1.